The van der Waals surface area contributed by atoms with E-state index >= 15 is 0 Å². The van der Waals surface area contributed by atoms with Crippen LogP contribution in [0.2, 0.25) is 0 Å². The zero-order chi connectivity index (χ0) is 46.1. The van der Waals surface area contributed by atoms with E-state index in [1.165, 1.54) is 78.0 Å². The van der Waals surface area contributed by atoms with Crippen molar-refractivity contribution >= 4 is 107 Å². The molecule has 2 heterocycles. The SMILES string of the molecule is CC(C)(C)c1ccc2[nH]c3ccc(C(C)(C)C)cc3c2c1.CC(C)(C)c1ccc2c(c1)c1cc(C(C)(C)C)ccc1n2-c1cc(Br)cc(Br)c1.Fc1cc(Br)cc(Br)c1.[2H]CF.[H-].[Na+]. The number of H-pyrrole nitrogens is 1. The normalized spacial score (nSPS) is 12.2. The molecule has 1 N–H and O–H groups in total. The molecule has 8 aromatic rings. The Kier molecular flexibility index (Phi) is 16.7. The van der Waals surface area contributed by atoms with Crippen LogP contribution in [0.4, 0.5) is 8.78 Å². The van der Waals surface area contributed by atoms with E-state index in [0.29, 0.717) is 0 Å². The zero-order valence-corrected chi connectivity index (χ0v) is 46.7. The summed E-state index contributed by atoms with van der Waals surface area (Å²) in [6.07, 6.45) is 0. The van der Waals surface area contributed by atoms with Crippen LogP contribution >= 0.6 is 63.7 Å². The first kappa shape index (κ1) is 50.7. The molecule has 0 radical (unpaired) electrons. The van der Waals surface area contributed by atoms with Gasteiger partial charge in [0, 0.05) is 56.2 Å². The summed E-state index contributed by atoms with van der Waals surface area (Å²) in [4.78, 5) is 3.54. The van der Waals surface area contributed by atoms with Crippen molar-refractivity contribution in [1.82, 2.24) is 9.55 Å². The van der Waals surface area contributed by atoms with Crippen molar-refractivity contribution in [3.63, 3.8) is 0 Å². The maximum absolute atomic E-state index is 12.4. The van der Waals surface area contributed by atoms with Gasteiger partial charge in [-0.05, 0) is 129 Å². The van der Waals surface area contributed by atoms with E-state index in [-0.39, 0.29) is 58.5 Å². The average Bonchev–Trinajstić information content (AvgIpc) is 3.67. The van der Waals surface area contributed by atoms with Crippen molar-refractivity contribution in [2.24, 2.45) is 0 Å². The number of alkyl halides is 1. The topological polar surface area (TPSA) is 20.7 Å². The number of rotatable bonds is 1. The molecule has 0 unspecified atom stereocenters. The third-order valence-corrected chi connectivity index (χ3v) is 12.6. The van der Waals surface area contributed by atoms with Crippen LogP contribution in [-0.4, -0.2) is 16.7 Å². The molecule has 0 aliphatic carbocycles. The molecule has 2 aromatic heterocycles. The van der Waals surface area contributed by atoms with Crippen LogP contribution in [0.25, 0.3) is 49.3 Å². The fourth-order valence-corrected chi connectivity index (χ4v) is 9.76. The van der Waals surface area contributed by atoms with Crippen LogP contribution in [0.1, 0.15) is 108 Å². The second kappa shape index (κ2) is 20.5. The second-order valence-corrected chi connectivity index (χ2v) is 23.3. The zero-order valence-electron chi connectivity index (χ0n) is 40.3. The van der Waals surface area contributed by atoms with Crippen LogP contribution in [0.15, 0.2) is 127 Å². The molecule has 324 valence electrons. The van der Waals surface area contributed by atoms with Gasteiger partial charge in [0.25, 0.3) is 0 Å². The molecule has 0 saturated heterocycles. The van der Waals surface area contributed by atoms with Crippen LogP contribution in [0.3, 0.4) is 0 Å². The Morgan fingerprint density at radius 1 is 0.468 bits per heavy atom. The summed E-state index contributed by atoms with van der Waals surface area (Å²) in [6, 6.07) is 38.5. The number of fused-ring (bicyclic) bond motifs is 6. The number of nitrogens with one attached hydrogen (secondary N) is 1. The van der Waals surface area contributed by atoms with E-state index in [1.807, 2.05) is 0 Å². The van der Waals surface area contributed by atoms with E-state index < -0.39 is 7.15 Å². The minimum absolute atomic E-state index is 0. The number of hydrogen-bond donors (Lipinski definition) is 1. The predicted molar refractivity (Wildman–Crippen MR) is 277 cm³/mol. The fraction of sp³-hybridized carbons (Fsp3) is 0.321. The van der Waals surface area contributed by atoms with Gasteiger partial charge in [-0.25, -0.2) is 4.39 Å². The fourth-order valence-electron chi connectivity index (χ4n) is 7.25. The van der Waals surface area contributed by atoms with E-state index in [1.54, 1.807) is 6.07 Å². The van der Waals surface area contributed by atoms with E-state index in [4.69, 9.17) is 1.37 Å². The van der Waals surface area contributed by atoms with Gasteiger partial charge in [-0.2, -0.15) is 0 Å². The summed E-state index contributed by atoms with van der Waals surface area (Å²) in [7, 11) is -1.00. The van der Waals surface area contributed by atoms with Crippen molar-refractivity contribution in [3.8, 4) is 5.69 Å². The first-order valence-electron chi connectivity index (χ1n) is 21.0. The van der Waals surface area contributed by atoms with E-state index in [2.05, 4.69) is 247 Å². The molecule has 8 rings (SSSR count). The number of nitrogens with zero attached hydrogens (tertiary/aromatic N) is 1. The van der Waals surface area contributed by atoms with Gasteiger partial charge in [-0.1, -0.05) is 171 Å². The largest absolute Gasteiger partial charge is 1.00 e. The van der Waals surface area contributed by atoms with Crippen LogP contribution in [0, 0.1) is 5.82 Å². The number of aromatic amines is 1. The van der Waals surface area contributed by atoms with E-state index in [0.717, 1.165) is 23.6 Å². The minimum atomic E-state index is -1.00. The summed E-state index contributed by atoms with van der Waals surface area (Å²) in [5, 5.41) is 5.30. The molecule has 0 atom stereocenters. The predicted octanol–water partition coefficient (Wildman–Crippen LogP) is 15.9. The number of halogens is 6. The number of aromatic nitrogens is 2. The van der Waals surface area contributed by atoms with Gasteiger partial charge in [-0.3, -0.25) is 4.39 Å². The Labute approximate surface area is 426 Å². The second-order valence-electron chi connectivity index (χ2n) is 19.7. The third kappa shape index (κ3) is 12.5. The maximum atomic E-state index is 12.4. The number of hydrogen-bond acceptors (Lipinski definition) is 0. The minimum Gasteiger partial charge on any atom is -1.00 e. The summed E-state index contributed by atoms with van der Waals surface area (Å²) in [5.74, 6) is -0.240. The van der Waals surface area contributed by atoms with E-state index in [9.17, 15) is 8.78 Å². The first-order valence-corrected chi connectivity index (χ1v) is 23.5. The van der Waals surface area contributed by atoms with Gasteiger partial charge < -0.3 is 11.0 Å². The van der Waals surface area contributed by atoms with Crippen LogP contribution in [0.5, 0.6) is 0 Å². The van der Waals surface area contributed by atoms with Crippen molar-refractivity contribution in [2.45, 2.75) is 105 Å². The molecule has 0 amide bonds. The Balaban J connectivity index is 0.000000272. The molecule has 62 heavy (non-hydrogen) atoms. The van der Waals surface area contributed by atoms with Crippen LogP contribution < -0.4 is 29.6 Å². The third-order valence-electron chi connectivity index (χ3n) is 10.8. The smallest absolute Gasteiger partial charge is 1.00 e. The molecular formula is C53H59Br4F2N2Na. The Bertz CT molecular complexity index is 2650. The first-order chi connectivity index (χ1) is 28.7. The molecule has 2 nitrogen and oxygen atoms in total. The molecular weight excluding hydrogens is 1050 g/mol. The Morgan fingerprint density at radius 2 is 0.758 bits per heavy atom. The Hall–Kier alpha value is -2.30. The summed E-state index contributed by atoms with van der Waals surface area (Å²) in [5.41, 5.74) is 12.2. The monoisotopic (exact) mass is 1100 g/mol. The van der Waals surface area contributed by atoms with Gasteiger partial charge in [0.05, 0.1) is 19.6 Å². The van der Waals surface area contributed by atoms with Gasteiger partial charge in [-0.15, -0.1) is 0 Å². The van der Waals surface area contributed by atoms with Crippen molar-refractivity contribution in [2.75, 3.05) is 7.15 Å². The molecule has 0 bridgehead atoms. The molecule has 6 aromatic carbocycles. The van der Waals surface area contributed by atoms with Crippen LogP contribution in [-0.2, 0) is 21.7 Å². The summed E-state index contributed by atoms with van der Waals surface area (Å²) >= 11 is 13.6. The van der Waals surface area contributed by atoms with Gasteiger partial charge >= 0.3 is 29.6 Å². The quantitative estimate of drug-likeness (QED) is 0.158. The van der Waals surface area contributed by atoms with Crippen molar-refractivity contribution in [1.29, 1.82) is 0 Å². The Morgan fingerprint density at radius 3 is 1.06 bits per heavy atom. The molecule has 0 saturated carbocycles. The van der Waals surface area contributed by atoms with Gasteiger partial charge in [0.2, 0.25) is 0 Å². The standard InChI is InChI=1S/C26H27Br2N.C20H25N.C6H3Br2F.CH3F.Na.H/c1-25(2,3)16-7-9-23-21(11-16)22-12-17(26(4,5)6)8-10-24(22)29(23)20-14-18(27)13-19(28)15-20;1-19(2,3)13-7-9-17-15(11-13)16-12-14(20(4,5)6)8-10-18(16)21-17;7-4-1-5(8)3-6(9)2-4;1-2;;/h7-15H,1-6H3;7-12,21H,1-6H3;1-3H;1H3;;/q;;;;+1;-1/i;;;1D;;. The molecule has 0 aliphatic heterocycles. The summed E-state index contributed by atoms with van der Waals surface area (Å²) in [6.45, 7) is 27.3. The molecule has 0 aliphatic rings. The molecule has 0 fully saturated rings. The summed E-state index contributed by atoms with van der Waals surface area (Å²) < 4.78 is 33.9. The van der Waals surface area contributed by atoms with Crippen molar-refractivity contribution < 1.29 is 41.1 Å². The maximum Gasteiger partial charge on any atom is 1.00 e. The molecule has 0 spiro atoms. The average molecular weight is 1110 g/mol. The number of benzene rings is 6. The van der Waals surface area contributed by atoms with Gasteiger partial charge in [0.1, 0.15) is 5.82 Å². The molecule has 9 heteroatoms. The van der Waals surface area contributed by atoms with Crippen molar-refractivity contribution in [3.05, 3.63) is 155 Å². The van der Waals surface area contributed by atoms with Gasteiger partial charge in [0.15, 0.2) is 0 Å².